The minimum absolute atomic E-state index is 0.328. The largest absolute Gasteiger partial charge is 0.492 e. The predicted octanol–water partition coefficient (Wildman–Crippen LogP) is 0.577. The second-order valence-electron chi connectivity index (χ2n) is 4.28. The van der Waals surface area contributed by atoms with E-state index in [9.17, 15) is 4.79 Å². The summed E-state index contributed by atoms with van der Waals surface area (Å²) in [6.07, 6.45) is 0. The van der Waals surface area contributed by atoms with Gasteiger partial charge in [-0.25, -0.2) is 15.5 Å². The number of hydrogen-bond acceptors (Lipinski definition) is 5. The molecule has 0 atom stereocenters. The number of benzene rings is 1. The second kappa shape index (κ2) is 6.16. The van der Waals surface area contributed by atoms with E-state index in [1.165, 1.54) is 0 Å². The van der Waals surface area contributed by atoms with Gasteiger partial charge in [0.1, 0.15) is 24.0 Å². The highest BCUT2D eigenvalue weighted by molar-refractivity contribution is 5.93. The van der Waals surface area contributed by atoms with Crippen LogP contribution in [0.1, 0.15) is 22.0 Å². The van der Waals surface area contributed by atoms with Crippen LogP contribution in [0.25, 0.3) is 0 Å². The van der Waals surface area contributed by atoms with Gasteiger partial charge in [-0.3, -0.25) is 10.2 Å². The highest BCUT2D eigenvalue weighted by Gasteiger charge is 2.04. The van der Waals surface area contributed by atoms with E-state index in [1.807, 2.05) is 13.8 Å². The topological polar surface area (TPSA) is 95.1 Å². The van der Waals surface area contributed by atoms with Crippen molar-refractivity contribution in [2.75, 3.05) is 6.61 Å². The summed E-state index contributed by atoms with van der Waals surface area (Å²) in [4.78, 5) is 15.5. The fourth-order valence-electron chi connectivity index (χ4n) is 1.81. The van der Waals surface area contributed by atoms with Crippen molar-refractivity contribution >= 4 is 5.91 Å². The number of ether oxygens (including phenoxy) is 1. The zero-order valence-electron chi connectivity index (χ0n) is 11.5. The molecule has 0 aliphatic rings. The van der Waals surface area contributed by atoms with Gasteiger partial charge in [0, 0.05) is 5.56 Å². The molecule has 20 heavy (non-hydrogen) atoms. The Bertz CT molecular complexity index is 591. The van der Waals surface area contributed by atoms with Crippen LogP contribution in [-0.4, -0.2) is 27.3 Å². The molecule has 0 bridgehead atoms. The number of hydrogen-bond donors (Lipinski definition) is 2. The first-order valence-corrected chi connectivity index (χ1v) is 6.22. The summed E-state index contributed by atoms with van der Waals surface area (Å²) in [5.41, 5.74) is 2.56. The van der Waals surface area contributed by atoms with Crippen molar-refractivity contribution < 1.29 is 9.53 Å². The fourth-order valence-corrected chi connectivity index (χ4v) is 1.81. The van der Waals surface area contributed by atoms with Crippen molar-refractivity contribution in [3.63, 3.8) is 0 Å². The Morgan fingerprint density at radius 2 is 2.05 bits per heavy atom. The number of nitrogens with one attached hydrogen (secondary N) is 1. The van der Waals surface area contributed by atoms with Crippen LogP contribution in [0.5, 0.6) is 5.75 Å². The number of amides is 1. The molecule has 0 aliphatic carbocycles. The Balaban J connectivity index is 1.88. The van der Waals surface area contributed by atoms with Gasteiger partial charge in [-0.1, -0.05) is 0 Å². The molecule has 1 heterocycles. The highest BCUT2D eigenvalue weighted by atomic mass is 16.5. The monoisotopic (exact) mass is 275 g/mol. The van der Waals surface area contributed by atoms with E-state index in [1.54, 1.807) is 28.9 Å². The molecule has 1 amide bonds. The number of rotatable bonds is 5. The summed E-state index contributed by atoms with van der Waals surface area (Å²) in [6, 6.07) is 6.76. The summed E-state index contributed by atoms with van der Waals surface area (Å²) in [6.45, 7) is 4.86. The quantitative estimate of drug-likeness (QED) is 0.473. The normalized spacial score (nSPS) is 10.3. The lowest BCUT2D eigenvalue weighted by molar-refractivity contribution is 0.0953. The van der Waals surface area contributed by atoms with Crippen molar-refractivity contribution in [2.45, 2.75) is 20.4 Å². The Morgan fingerprint density at radius 3 is 2.60 bits per heavy atom. The molecular formula is C13H17N5O2. The third kappa shape index (κ3) is 3.33. The molecule has 2 aromatic rings. The molecule has 106 valence electrons. The Hall–Kier alpha value is -2.41. The first kappa shape index (κ1) is 14.0. The van der Waals surface area contributed by atoms with Crippen LogP contribution in [0.3, 0.4) is 0 Å². The molecule has 3 N–H and O–H groups in total. The van der Waals surface area contributed by atoms with Crippen LogP contribution in [0.2, 0.25) is 0 Å². The molecule has 0 aliphatic heterocycles. The number of hydrazine groups is 1. The number of carbonyl (C=O) groups is 1. The molecule has 0 radical (unpaired) electrons. The molecule has 1 aromatic heterocycles. The van der Waals surface area contributed by atoms with Crippen LogP contribution in [0.15, 0.2) is 24.3 Å². The van der Waals surface area contributed by atoms with E-state index in [0.717, 1.165) is 11.6 Å². The highest BCUT2D eigenvalue weighted by Crippen LogP contribution is 2.12. The van der Waals surface area contributed by atoms with Gasteiger partial charge in [0.25, 0.3) is 5.91 Å². The van der Waals surface area contributed by atoms with Gasteiger partial charge in [0.2, 0.25) is 0 Å². The zero-order chi connectivity index (χ0) is 14.5. The number of aryl methyl sites for hydroxylation is 2. The van der Waals surface area contributed by atoms with Gasteiger partial charge >= 0.3 is 0 Å². The molecule has 0 fully saturated rings. The van der Waals surface area contributed by atoms with Crippen molar-refractivity contribution in [2.24, 2.45) is 5.84 Å². The third-order valence-electron chi connectivity index (χ3n) is 2.78. The summed E-state index contributed by atoms with van der Waals surface area (Å²) in [7, 11) is 0. The number of nitrogens with two attached hydrogens (primary N) is 1. The summed E-state index contributed by atoms with van der Waals surface area (Å²) >= 11 is 0. The van der Waals surface area contributed by atoms with Crippen LogP contribution in [0, 0.1) is 13.8 Å². The van der Waals surface area contributed by atoms with Gasteiger partial charge in [0.15, 0.2) is 0 Å². The van der Waals surface area contributed by atoms with E-state index >= 15 is 0 Å². The first-order chi connectivity index (χ1) is 9.60. The molecule has 0 spiro atoms. The minimum Gasteiger partial charge on any atom is -0.492 e. The molecule has 7 heteroatoms. The van der Waals surface area contributed by atoms with E-state index < -0.39 is 0 Å². The molecule has 1 aromatic carbocycles. The Labute approximate surface area is 116 Å². The lowest BCUT2D eigenvalue weighted by Crippen LogP contribution is -2.29. The minimum atomic E-state index is -0.328. The number of aromatic nitrogens is 3. The van der Waals surface area contributed by atoms with Gasteiger partial charge in [-0.2, -0.15) is 5.10 Å². The first-order valence-electron chi connectivity index (χ1n) is 6.22. The lowest BCUT2D eigenvalue weighted by Gasteiger charge is -2.07. The van der Waals surface area contributed by atoms with E-state index in [-0.39, 0.29) is 5.91 Å². The molecular weight excluding hydrogens is 258 g/mol. The molecule has 2 rings (SSSR count). The number of carbonyl (C=O) groups excluding carboxylic acids is 1. The Kier molecular flexibility index (Phi) is 4.31. The van der Waals surface area contributed by atoms with Crippen molar-refractivity contribution in [1.29, 1.82) is 0 Å². The summed E-state index contributed by atoms with van der Waals surface area (Å²) in [5.74, 6) is 7.03. The molecule has 0 saturated carbocycles. The van der Waals surface area contributed by atoms with E-state index in [2.05, 4.69) is 15.5 Å². The average Bonchev–Trinajstić information content (AvgIpc) is 2.77. The van der Waals surface area contributed by atoms with Gasteiger partial charge in [0.05, 0.1) is 6.54 Å². The van der Waals surface area contributed by atoms with Crippen molar-refractivity contribution in [3.05, 3.63) is 41.5 Å². The maximum atomic E-state index is 11.3. The van der Waals surface area contributed by atoms with Crippen LogP contribution in [0.4, 0.5) is 0 Å². The van der Waals surface area contributed by atoms with Crippen LogP contribution >= 0.6 is 0 Å². The maximum absolute atomic E-state index is 11.3. The van der Waals surface area contributed by atoms with Gasteiger partial charge in [-0.05, 0) is 38.1 Å². The van der Waals surface area contributed by atoms with Crippen LogP contribution in [-0.2, 0) is 6.54 Å². The zero-order valence-corrected chi connectivity index (χ0v) is 11.5. The fraction of sp³-hybridized carbons (Fsp3) is 0.308. The predicted molar refractivity (Wildman–Crippen MR) is 73.1 cm³/mol. The molecule has 0 saturated heterocycles. The van der Waals surface area contributed by atoms with Crippen molar-refractivity contribution in [3.8, 4) is 5.75 Å². The molecule has 0 unspecified atom stereocenters. The van der Waals surface area contributed by atoms with Gasteiger partial charge < -0.3 is 4.74 Å². The van der Waals surface area contributed by atoms with E-state index in [0.29, 0.717) is 24.5 Å². The standard InChI is InChI=1S/C13H17N5O2/c1-9-15-10(2)18(17-9)7-8-20-12-5-3-11(4-6-12)13(19)16-14/h3-6H,7-8,14H2,1-2H3,(H,16,19). The third-order valence-corrected chi connectivity index (χ3v) is 2.78. The molecule has 7 nitrogen and oxygen atoms in total. The van der Waals surface area contributed by atoms with Crippen LogP contribution < -0.4 is 16.0 Å². The number of nitrogens with zero attached hydrogens (tertiary/aromatic N) is 3. The smallest absolute Gasteiger partial charge is 0.265 e. The van der Waals surface area contributed by atoms with Crippen molar-refractivity contribution in [1.82, 2.24) is 20.2 Å². The summed E-state index contributed by atoms with van der Waals surface area (Å²) in [5, 5.41) is 4.25. The lowest BCUT2D eigenvalue weighted by atomic mass is 10.2. The average molecular weight is 275 g/mol. The SMILES string of the molecule is Cc1nc(C)n(CCOc2ccc(C(=O)NN)cc2)n1. The Morgan fingerprint density at radius 1 is 1.35 bits per heavy atom. The van der Waals surface area contributed by atoms with E-state index in [4.69, 9.17) is 10.6 Å². The van der Waals surface area contributed by atoms with Gasteiger partial charge in [-0.15, -0.1) is 0 Å². The second-order valence-corrected chi connectivity index (χ2v) is 4.28. The maximum Gasteiger partial charge on any atom is 0.265 e. The summed E-state index contributed by atoms with van der Waals surface area (Å²) < 4.78 is 7.39. The number of nitrogen functional groups attached to an aromatic ring is 1.